The Morgan fingerprint density at radius 3 is 2.73 bits per heavy atom. The van der Waals surface area contributed by atoms with Crippen LogP contribution in [0.4, 0.5) is 5.95 Å². The Bertz CT molecular complexity index is 1110. The van der Waals surface area contributed by atoms with E-state index in [9.17, 15) is 4.79 Å². The lowest BCUT2D eigenvalue weighted by molar-refractivity contribution is -0.128. The first-order chi connectivity index (χ1) is 16.1. The number of hydroxylamine groups is 1. The van der Waals surface area contributed by atoms with E-state index in [0.29, 0.717) is 30.0 Å². The molecule has 2 aromatic heterocycles. The van der Waals surface area contributed by atoms with Crippen molar-refractivity contribution in [1.82, 2.24) is 30.3 Å². The average molecular weight is 450 g/mol. The van der Waals surface area contributed by atoms with Crippen molar-refractivity contribution in [2.75, 3.05) is 18.6 Å². The molecule has 1 fully saturated rings. The molecule has 0 radical (unpaired) electrons. The highest BCUT2D eigenvalue weighted by Gasteiger charge is 2.38. The van der Waals surface area contributed by atoms with Gasteiger partial charge in [-0.15, -0.1) is 0 Å². The van der Waals surface area contributed by atoms with E-state index in [2.05, 4.69) is 43.1 Å². The molecule has 1 saturated carbocycles. The topological polar surface area (TPSA) is 117 Å². The third-order valence-electron chi connectivity index (χ3n) is 6.20. The number of nitrogens with one attached hydrogen (secondary N) is 2. The van der Waals surface area contributed by atoms with Crippen molar-refractivity contribution in [3.8, 4) is 5.75 Å². The smallest absolute Gasteiger partial charge is 0.247 e. The standard InChI is InChI=1S/C23H27N7O3/c1-33-18-4-2-16(3-5-18)19-9-20(19)24-12-17-13-29-6-7-30(14-21(29)27-17)23-25-10-15(11-26-23)8-22(31)28-32/h2-5,10-11,13,19-20,24,32H,6-9,12,14H2,1H3,(H,28,31). The predicted octanol–water partition coefficient (Wildman–Crippen LogP) is 1.40. The number of carbonyl (C=O) groups excluding carboxylic acids is 1. The van der Waals surface area contributed by atoms with Gasteiger partial charge in [0, 0.05) is 50.2 Å². The molecule has 5 rings (SSSR count). The summed E-state index contributed by atoms with van der Waals surface area (Å²) in [6.45, 7) is 2.98. The second-order valence-corrected chi connectivity index (χ2v) is 8.47. The Morgan fingerprint density at radius 1 is 1.21 bits per heavy atom. The van der Waals surface area contributed by atoms with E-state index in [4.69, 9.17) is 14.9 Å². The van der Waals surface area contributed by atoms with Crippen LogP contribution in [-0.2, 0) is 30.8 Å². The van der Waals surface area contributed by atoms with Gasteiger partial charge in [0.15, 0.2) is 0 Å². The number of hydrogen-bond donors (Lipinski definition) is 3. The van der Waals surface area contributed by atoms with Gasteiger partial charge < -0.3 is 19.5 Å². The summed E-state index contributed by atoms with van der Waals surface area (Å²) in [6.07, 6.45) is 6.53. The molecule has 1 aliphatic heterocycles. The Labute approximate surface area is 191 Å². The van der Waals surface area contributed by atoms with E-state index < -0.39 is 5.91 Å². The first-order valence-electron chi connectivity index (χ1n) is 11.0. The van der Waals surface area contributed by atoms with Gasteiger partial charge >= 0.3 is 0 Å². The van der Waals surface area contributed by atoms with Gasteiger partial charge in [0.25, 0.3) is 0 Å². The average Bonchev–Trinajstić information content (AvgIpc) is 3.52. The summed E-state index contributed by atoms with van der Waals surface area (Å²) in [5, 5.41) is 12.3. The molecule has 1 aromatic carbocycles. The van der Waals surface area contributed by atoms with Crippen molar-refractivity contribution in [1.29, 1.82) is 0 Å². The van der Waals surface area contributed by atoms with Crippen LogP contribution >= 0.6 is 0 Å². The highest BCUT2D eigenvalue weighted by Crippen LogP contribution is 2.41. The molecule has 3 aromatic rings. The lowest BCUT2D eigenvalue weighted by atomic mass is 10.1. The van der Waals surface area contributed by atoms with E-state index in [-0.39, 0.29) is 6.42 Å². The van der Waals surface area contributed by atoms with Crippen molar-refractivity contribution >= 4 is 11.9 Å². The third-order valence-corrected chi connectivity index (χ3v) is 6.20. The van der Waals surface area contributed by atoms with E-state index >= 15 is 0 Å². The minimum absolute atomic E-state index is 0.0395. The fourth-order valence-corrected chi connectivity index (χ4v) is 4.27. The molecule has 1 amide bonds. The van der Waals surface area contributed by atoms with Gasteiger partial charge in [-0.05, 0) is 29.7 Å². The van der Waals surface area contributed by atoms with Crippen molar-refractivity contribution < 1.29 is 14.7 Å². The van der Waals surface area contributed by atoms with Crippen LogP contribution in [0.3, 0.4) is 0 Å². The Kier molecular flexibility index (Phi) is 5.93. The van der Waals surface area contributed by atoms with Gasteiger partial charge in [0.05, 0.1) is 25.8 Å². The first-order valence-corrected chi connectivity index (χ1v) is 11.0. The Morgan fingerprint density at radius 2 is 2.00 bits per heavy atom. The predicted molar refractivity (Wildman–Crippen MR) is 120 cm³/mol. The molecule has 10 heteroatoms. The summed E-state index contributed by atoms with van der Waals surface area (Å²) in [7, 11) is 1.69. The normalized spacial score (nSPS) is 19.2. The minimum atomic E-state index is -0.492. The summed E-state index contributed by atoms with van der Waals surface area (Å²) in [5.41, 5.74) is 4.64. The number of benzene rings is 1. The summed E-state index contributed by atoms with van der Waals surface area (Å²) in [6, 6.07) is 8.80. The molecular weight excluding hydrogens is 422 g/mol. The molecule has 33 heavy (non-hydrogen) atoms. The highest BCUT2D eigenvalue weighted by atomic mass is 16.5. The zero-order chi connectivity index (χ0) is 22.8. The maximum absolute atomic E-state index is 11.3. The quantitative estimate of drug-likeness (QED) is 0.349. The molecular formula is C23H27N7O3. The number of imidazole rings is 1. The number of rotatable bonds is 8. The summed E-state index contributed by atoms with van der Waals surface area (Å²) in [4.78, 5) is 26.9. The van der Waals surface area contributed by atoms with Gasteiger partial charge in [-0.1, -0.05) is 12.1 Å². The number of hydrogen-bond acceptors (Lipinski definition) is 8. The SMILES string of the molecule is COc1ccc(C2CC2NCc2cn3c(n2)CN(c2ncc(CC(=O)NO)cn2)CC3)cc1. The van der Waals surface area contributed by atoms with Crippen LogP contribution in [0.2, 0.25) is 0 Å². The Hall–Kier alpha value is -3.50. The fourth-order valence-electron chi connectivity index (χ4n) is 4.27. The molecule has 2 aliphatic rings. The van der Waals surface area contributed by atoms with Gasteiger partial charge in [-0.3, -0.25) is 10.0 Å². The van der Waals surface area contributed by atoms with Crippen LogP contribution in [0.1, 0.15) is 35.0 Å². The monoisotopic (exact) mass is 449 g/mol. The number of methoxy groups -OCH3 is 1. The molecule has 10 nitrogen and oxygen atoms in total. The van der Waals surface area contributed by atoms with Gasteiger partial charge in [0.1, 0.15) is 11.6 Å². The van der Waals surface area contributed by atoms with E-state index in [1.165, 1.54) is 5.56 Å². The van der Waals surface area contributed by atoms with Gasteiger partial charge in [-0.25, -0.2) is 20.4 Å². The number of aromatic nitrogens is 4. The van der Waals surface area contributed by atoms with E-state index in [1.54, 1.807) is 25.0 Å². The van der Waals surface area contributed by atoms with Crippen LogP contribution in [0.5, 0.6) is 5.75 Å². The number of fused-ring (bicyclic) bond motifs is 1. The zero-order valence-electron chi connectivity index (χ0n) is 18.4. The van der Waals surface area contributed by atoms with Crippen LogP contribution in [0.15, 0.2) is 42.9 Å². The number of ether oxygens (including phenoxy) is 1. The van der Waals surface area contributed by atoms with Crippen LogP contribution < -0.4 is 20.4 Å². The zero-order valence-corrected chi connectivity index (χ0v) is 18.4. The van der Waals surface area contributed by atoms with Gasteiger partial charge in [0.2, 0.25) is 11.9 Å². The molecule has 0 bridgehead atoms. The fraction of sp³-hybridized carbons (Fsp3) is 0.391. The number of carbonyl (C=O) groups is 1. The van der Waals surface area contributed by atoms with Crippen LogP contribution in [0, 0.1) is 0 Å². The lowest BCUT2D eigenvalue weighted by Gasteiger charge is -2.27. The van der Waals surface area contributed by atoms with Crippen molar-refractivity contribution in [2.24, 2.45) is 0 Å². The second-order valence-electron chi connectivity index (χ2n) is 8.47. The van der Waals surface area contributed by atoms with Crippen LogP contribution in [-0.4, -0.2) is 50.3 Å². The molecule has 2 unspecified atom stereocenters. The van der Waals surface area contributed by atoms with E-state index in [0.717, 1.165) is 43.3 Å². The maximum Gasteiger partial charge on any atom is 0.247 e. The largest absolute Gasteiger partial charge is 0.497 e. The summed E-state index contributed by atoms with van der Waals surface area (Å²) >= 11 is 0. The summed E-state index contributed by atoms with van der Waals surface area (Å²) in [5.74, 6) is 2.54. The first kappa shape index (κ1) is 21.4. The molecule has 172 valence electrons. The highest BCUT2D eigenvalue weighted by molar-refractivity contribution is 5.77. The molecule has 3 N–H and O–H groups in total. The van der Waals surface area contributed by atoms with E-state index in [1.807, 2.05) is 12.1 Å². The van der Waals surface area contributed by atoms with Crippen LogP contribution in [0.25, 0.3) is 0 Å². The molecule has 0 spiro atoms. The number of nitrogens with zero attached hydrogens (tertiary/aromatic N) is 5. The van der Waals surface area contributed by atoms with Crippen molar-refractivity contribution in [3.05, 3.63) is 65.5 Å². The lowest BCUT2D eigenvalue weighted by Crippen LogP contribution is -2.34. The minimum Gasteiger partial charge on any atom is -0.497 e. The number of anilines is 1. The van der Waals surface area contributed by atoms with Crippen molar-refractivity contribution in [3.63, 3.8) is 0 Å². The molecule has 1 aliphatic carbocycles. The second kappa shape index (κ2) is 9.16. The molecule has 3 heterocycles. The Balaban J connectivity index is 1.15. The van der Waals surface area contributed by atoms with Gasteiger partial charge in [-0.2, -0.15) is 0 Å². The molecule has 2 atom stereocenters. The maximum atomic E-state index is 11.3. The number of amides is 1. The third kappa shape index (κ3) is 4.81. The molecule has 0 saturated heterocycles. The summed E-state index contributed by atoms with van der Waals surface area (Å²) < 4.78 is 7.44. The van der Waals surface area contributed by atoms with Crippen molar-refractivity contribution in [2.45, 2.75) is 44.4 Å².